The smallest absolute Gasteiger partial charge is 0.327 e. The third-order valence-corrected chi connectivity index (χ3v) is 3.49. The fourth-order valence-electron chi connectivity index (χ4n) is 1.39. The van der Waals surface area contributed by atoms with Crippen LogP contribution in [0.5, 0.6) is 0 Å². The highest BCUT2D eigenvalue weighted by atomic mass is 32.2. The Morgan fingerprint density at radius 1 is 1.26 bits per heavy atom. The number of Topliss-reactive ketones (excluding diaryl/α,β-unsaturated/α-hetero) is 1. The van der Waals surface area contributed by atoms with Crippen molar-refractivity contribution in [2.24, 2.45) is 5.92 Å². The third kappa shape index (κ3) is 6.58. The van der Waals surface area contributed by atoms with Crippen molar-refractivity contribution in [2.45, 2.75) is 32.4 Å². The molecule has 7 heteroatoms. The molecule has 6 nitrogen and oxygen atoms in total. The summed E-state index contributed by atoms with van der Waals surface area (Å²) in [6.07, 6.45) is 1.86. The van der Waals surface area contributed by atoms with Gasteiger partial charge < -0.3 is 15.7 Å². The van der Waals surface area contributed by atoms with E-state index in [1.807, 2.05) is 0 Å². The molecule has 0 fully saturated rings. The average molecular weight is 290 g/mol. The summed E-state index contributed by atoms with van der Waals surface area (Å²) in [4.78, 5) is 34.4. The number of carboxylic acids is 1. The number of amides is 1. The van der Waals surface area contributed by atoms with Crippen LogP contribution in [-0.2, 0) is 14.4 Å². The Balaban J connectivity index is 4.40. The van der Waals surface area contributed by atoms with Gasteiger partial charge in [-0.3, -0.25) is 9.59 Å². The van der Waals surface area contributed by atoms with Crippen LogP contribution in [0.3, 0.4) is 0 Å². The van der Waals surface area contributed by atoms with E-state index in [-0.39, 0.29) is 18.2 Å². The summed E-state index contributed by atoms with van der Waals surface area (Å²) in [6.45, 7) is 3.34. The van der Waals surface area contributed by atoms with Crippen LogP contribution in [0.2, 0.25) is 0 Å². The predicted molar refractivity (Wildman–Crippen MR) is 75.3 cm³/mol. The fraction of sp³-hybridized carbons (Fsp3) is 0.750. The number of likely N-dealkylation sites (N-methyl/N-ethyl adjacent to an activating group) is 1. The highest BCUT2D eigenvalue weighted by Gasteiger charge is 2.24. The summed E-state index contributed by atoms with van der Waals surface area (Å²) in [5, 5.41) is 14.2. The second-order valence-corrected chi connectivity index (χ2v) is 5.35. The van der Waals surface area contributed by atoms with E-state index in [0.717, 1.165) is 0 Å². The first-order valence-corrected chi connectivity index (χ1v) is 7.44. The maximum absolute atomic E-state index is 11.8. The summed E-state index contributed by atoms with van der Waals surface area (Å²) in [7, 11) is 1.67. The summed E-state index contributed by atoms with van der Waals surface area (Å²) in [5.74, 6) is -1.77. The molecule has 0 aromatic carbocycles. The molecule has 0 radical (unpaired) electrons. The molecule has 0 rings (SSSR count). The Kier molecular flexibility index (Phi) is 8.42. The maximum Gasteiger partial charge on any atom is 0.327 e. The molecule has 1 amide bonds. The summed E-state index contributed by atoms with van der Waals surface area (Å²) in [5.41, 5.74) is 0. The van der Waals surface area contributed by atoms with Crippen molar-refractivity contribution in [3.05, 3.63) is 0 Å². The second-order valence-electron chi connectivity index (χ2n) is 4.44. The number of carbonyl (C=O) groups excluding carboxylic acids is 2. The Hall–Kier alpha value is -1.08. The van der Waals surface area contributed by atoms with Crippen LogP contribution in [0, 0.1) is 5.92 Å². The van der Waals surface area contributed by atoms with Crippen LogP contribution in [0.15, 0.2) is 0 Å². The molecular weight excluding hydrogens is 268 g/mol. The normalized spacial score (nSPS) is 15.4. The standard InChI is InChI=1S/C12H22N2O4S/c1-7(5-10(15)8(2)13-3)11(16)14-9(6-19-4)12(17)18/h7-9,13H,5-6H2,1-4H3,(H,14,16)(H,17,18)/t7?,8-,9+/m1/s1. The molecule has 110 valence electrons. The van der Waals surface area contributed by atoms with Crippen molar-refractivity contribution in [1.29, 1.82) is 0 Å². The minimum Gasteiger partial charge on any atom is -0.480 e. The number of rotatable bonds is 9. The Morgan fingerprint density at radius 2 is 1.84 bits per heavy atom. The van der Waals surface area contributed by atoms with Gasteiger partial charge in [-0.15, -0.1) is 0 Å². The zero-order chi connectivity index (χ0) is 15.0. The lowest BCUT2D eigenvalue weighted by Crippen LogP contribution is -2.45. The molecule has 3 N–H and O–H groups in total. The van der Waals surface area contributed by atoms with Crippen molar-refractivity contribution in [3.63, 3.8) is 0 Å². The number of hydrogen-bond donors (Lipinski definition) is 3. The van der Waals surface area contributed by atoms with Crippen LogP contribution < -0.4 is 10.6 Å². The van der Waals surface area contributed by atoms with E-state index >= 15 is 0 Å². The lowest BCUT2D eigenvalue weighted by atomic mass is 10.00. The number of carbonyl (C=O) groups is 3. The molecule has 0 bridgehead atoms. The molecule has 0 saturated carbocycles. The highest BCUT2D eigenvalue weighted by Crippen LogP contribution is 2.07. The van der Waals surface area contributed by atoms with E-state index in [9.17, 15) is 14.4 Å². The van der Waals surface area contributed by atoms with Gasteiger partial charge in [0.15, 0.2) is 0 Å². The quantitative estimate of drug-likeness (QED) is 0.558. The molecular formula is C12H22N2O4S. The van der Waals surface area contributed by atoms with Gasteiger partial charge in [-0.25, -0.2) is 4.79 Å². The van der Waals surface area contributed by atoms with E-state index in [4.69, 9.17) is 5.11 Å². The van der Waals surface area contributed by atoms with Crippen LogP contribution >= 0.6 is 11.8 Å². The molecule has 3 atom stereocenters. The average Bonchev–Trinajstić information content (AvgIpc) is 2.36. The minimum atomic E-state index is -1.06. The molecule has 1 unspecified atom stereocenters. The third-order valence-electron chi connectivity index (χ3n) is 2.82. The Labute approximate surface area is 117 Å². The molecule has 0 aromatic heterocycles. The van der Waals surface area contributed by atoms with Gasteiger partial charge in [0.05, 0.1) is 6.04 Å². The van der Waals surface area contributed by atoms with Crippen LogP contribution in [0.1, 0.15) is 20.3 Å². The second kappa shape index (κ2) is 8.92. The Morgan fingerprint density at radius 3 is 2.26 bits per heavy atom. The Bertz CT molecular complexity index is 336. The summed E-state index contributed by atoms with van der Waals surface area (Å²) >= 11 is 1.34. The zero-order valence-corrected chi connectivity index (χ0v) is 12.5. The molecule has 0 aliphatic rings. The molecule has 0 saturated heterocycles. The number of thioether (sulfide) groups is 1. The lowest BCUT2D eigenvalue weighted by molar-refractivity contribution is -0.141. The van der Waals surface area contributed by atoms with Gasteiger partial charge in [0.1, 0.15) is 11.8 Å². The molecule has 19 heavy (non-hydrogen) atoms. The predicted octanol–water partition coefficient (Wildman–Crippen LogP) is 0.122. The highest BCUT2D eigenvalue weighted by molar-refractivity contribution is 7.98. The molecule has 0 heterocycles. The summed E-state index contributed by atoms with van der Waals surface area (Å²) < 4.78 is 0. The van der Waals surface area contributed by atoms with Crippen LogP contribution in [0.4, 0.5) is 0 Å². The largest absolute Gasteiger partial charge is 0.480 e. The van der Waals surface area contributed by atoms with Gasteiger partial charge in [0, 0.05) is 18.1 Å². The van der Waals surface area contributed by atoms with Crippen LogP contribution in [-0.4, -0.2) is 53.9 Å². The van der Waals surface area contributed by atoms with E-state index in [2.05, 4.69) is 10.6 Å². The van der Waals surface area contributed by atoms with E-state index in [1.165, 1.54) is 11.8 Å². The van der Waals surface area contributed by atoms with Crippen molar-refractivity contribution in [1.82, 2.24) is 10.6 Å². The topological polar surface area (TPSA) is 95.5 Å². The van der Waals surface area contributed by atoms with Gasteiger partial charge in [-0.1, -0.05) is 6.92 Å². The van der Waals surface area contributed by atoms with Crippen molar-refractivity contribution < 1.29 is 19.5 Å². The number of carboxylic acid groups (broad SMARTS) is 1. The number of hydrogen-bond acceptors (Lipinski definition) is 5. The van der Waals surface area contributed by atoms with Crippen molar-refractivity contribution >= 4 is 29.4 Å². The van der Waals surface area contributed by atoms with Gasteiger partial charge in [0.2, 0.25) is 5.91 Å². The van der Waals surface area contributed by atoms with Crippen molar-refractivity contribution in [3.8, 4) is 0 Å². The van der Waals surface area contributed by atoms with E-state index in [0.29, 0.717) is 5.75 Å². The first-order chi connectivity index (χ1) is 8.83. The van der Waals surface area contributed by atoms with E-state index < -0.39 is 23.8 Å². The van der Waals surface area contributed by atoms with Crippen LogP contribution in [0.25, 0.3) is 0 Å². The zero-order valence-electron chi connectivity index (χ0n) is 11.7. The molecule has 0 aromatic rings. The van der Waals surface area contributed by atoms with Crippen molar-refractivity contribution in [2.75, 3.05) is 19.1 Å². The van der Waals surface area contributed by atoms with E-state index in [1.54, 1.807) is 27.2 Å². The van der Waals surface area contributed by atoms with Gasteiger partial charge in [-0.2, -0.15) is 11.8 Å². The number of aliphatic carboxylic acids is 1. The first kappa shape index (κ1) is 17.9. The summed E-state index contributed by atoms with van der Waals surface area (Å²) in [6, 6.07) is -1.22. The first-order valence-electron chi connectivity index (χ1n) is 6.05. The SMILES string of the molecule is CN[C@H](C)C(=O)CC(C)C(=O)N[C@@H](CSC)C(=O)O. The molecule has 0 aliphatic carbocycles. The minimum absolute atomic E-state index is 0.0677. The monoisotopic (exact) mass is 290 g/mol. The lowest BCUT2D eigenvalue weighted by Gasteiger charge is -2.18. The van der Waals surface area contributed by atoms with Gasteiger partial charge >= 0.3 is 5.97 Å². The molecule has 0 spiro atoms. The molecule has 0 aliphatic heterocycles. The van der Waals surface area contributed by atoms with Gasteiger partial charge in [0.25, 0.3) is 0 Å². The maximum atomic E-state index is 11.8. The number of ketones is 1. The number of nitrogens with one attached hydrogen (secondary N) is 2. The fourth-order valence-corrected chi connectivity index (χ4v) is 1.95. The van der Waals surface area contributed by atoms with Gasteiger partial charge in [-0.05, 0) is 20.2 Å².